The van der Waals surface area contributed by atoms with E-state index in [2.05, 4.69) is 43.4 Å². The minimum absolute atomic E-state index is 0. The van der Waals surface area contributed by atoms with Crippen LogP contribution in [0.1, 0.15) is 50.7 Å². The van der Waals surface area contributed by atoms with Crippen LogP contribution in [0.5, 0.6) is 11.5 Å². The Morgan fingerprint density at radius 2 is 1.86 bits per heavy atom. The SMILES string of the molecule is CCC1(C)CC(CCNCc2ccccc2O)(c2ccc(OC)cc2)CCO1.Cl. The van der Waals surface area contributed by atoms with Crippen LogP contribution in [0.15, 0.2) is 48.5 Å². The molecule has 2 N–H and O–H groups in total. The molecule has 1 saturated heterocycles. The molecule has 0 aromatic heterocycles. The van der Waals surface area contributed by atoms with Crippen molar-refractivity contribution in [2.75, 3.05) is 20.3 Å². The molecule has 1 heterocycles. The standard InChI is InChI=1S/C24H33NO3.ClH/c1-4-23(2)18-24(14-16-28-23,20-9-11-21(27-3)12-10-20)13-15-25-17-19-7-5-6-8-22(19)26;/h5-12,25-26H,4,13-18H2,1-3H3;1H. The van der Waals surface area contributed by atoms with Crippen molar-refractivity contribution in [1.29, 1.82) is 0 Å². The van der Waals surface area contributed by atoms with Gasteiger partial charge in [0.1, 0.15) is 11.5 Å². The number of para-hydroxylation sites is 1. The van der Waals surface area contributed by atoms with Crippen molar-refractivity contribution in [3.63, 3.8) is 0 Å². The van der Waals surface area contributed by atoms with Crippen LogP contribution in [0.4, 0.5) is 0 Å². The maximum Gasteiger partial charge on any atom is 0.120 e. The molecule has 1 aliphatic heterocycles. The highest BCUT2D eigenvalue weighted by molar-refractivity contribution is 5.85. The molecule has 29 heavy (non-hydrogen) atoms. The highest BCUT2D eigenvalue weighted by atomic mass is 35.5. The van der Waals surface area contributed by atoms with Crippen LogP contribution < -0.4 is 10.1 Å². The summed E-state index contributed by atoms with van der Waals surface area (Å²) in [6, 6.07) is 16.1. The van der Waals surface area contributed by atoms with Gasteiger partial charge in [-0.2, -0.15) is 0 Å². The molecular formula is C24H34ClNO3. The summed E-state index contributed by atoms with van der Waals surface area (Å²) in [7, 11) is 1.70. The molecule has 0 radical (unpaired) electrons. The number of phenols is 1. The Bertz CT molecular complexity index is 767. The van der Waals surface area contributed by atoms with Crippen molar-refractivity contribution in [1.82, 2.24) is 5.32 Å². The Morgan fingerprint density at radius 1 is 1.14 bits per heavy atom. The van der Waals surface area contributed by atoms with E-state index < -0.39 is 0 Å². The predicted octanol–water partition coefficient (Wildman–Crippen LogP) is 5.22. The van der Waals surface area contributed by atoms with Gasteiger partial charge in [-0.05, 0) is 62.9 Å². The summed E-state index contributed by atoms with van der Waals surface area (Å²) in [6.45, 7) is 6.79. The van der Waals surface area contributed by atoms with E-state index in [1.165, 1.54) is 5.56 Å². The molecule has 0 amide bonds. The van der Waals surface area contributed by atoms with Gasteiger partial charge in [0.05, 0.1) is 12.7 Å². The summed E-state index contributed by atoms with van der Waals surface area (Å²) in [5, 5.41) is 13.5. The smallest absolute Gasteiger partial charge is 0.120 e. The first-order chi connectivity index (χ1) is 13.5. The Kier molecular flexibility index (Phi) is 8.38. The molecule has 2 unspecified atom stereocenters. The van der Waals surface area contributed by atoms with Crippen LogP contribution >= 0.6 is 12.4 Å². The summed E-state index contributed by atoms with van der Waals surface area (Å²) < 4.78 is 11.5. The van der Waals surface area contributed by atoms with Crippen molar-refractivity contribution in [2.45, 2.75) is 57.1 Å². The van der Waals surface area contributed by atoms with Gasteiger partial charge in [-0.1, -0.05) is 37.3 Å². The summed E-state index contributed by atoms with van der Waals surface area (Å²) in [4.78, 5) is 0. The van der Waals surface area contributed by atoms with Crippen LogP contribution in [-0.2, 0) is 16.7 Å². The van der Waals surface area contributed by atoms with Crippen LogP contribution in [-0.4, -0.2) is 31.0 Å². The number of methoxy groups -OCH3 is 1. The Morgan fingerprint density at radius 3 is 2.52 bits per heavy atom. The molecule has 2 aromatic carbocycles. The van der Waals surface area contributed by atoms with E-state index in [0.29, 0.717) is 12.3 Å². The Labute approximate surface area is 181 Å². The normalized spacial score (nSPS) is 24.0. The number of aromatic hydroxyl groups is 1. The molecule has 1 aliphatic rings. The lowest BCUT2D eigenvalue weighted by Gasteiger charge is -2.47. The van der Waals surface area contributed by atoms with Gasteiger partial charge >= 0.3 is 0 Å². The minimum atomic E-state index is -0.0874. The molecule has 1 fully saturated rings. The number of ether oxygens (including phenoxy) is 2. The summed E-state index contributed by atoms with van der Waals surface area (Å²) in [5.74, 6) is 1.24. The maximum absolute atomic E-state index is 9.97. The van der Waals surface area contributed by atoms with Crippen LogP contribution in [0.25, 0.3) is 0 Å². The number of rotatable bonds is 8. The highest BCUT2D eigenvalue weighted by Gasteiger charge is 2.43. The second kappa shape index (κ2) is 10.3. The number of hydrogen-bond donors (Lipinski definition) is 2. The van der Waals surface area contributed by atoms with Gasteiger partial charge in [0, 0.05) is 24.1 Å². The molecule has 3 rings (SSSR count). The van der Waals surface area contributed by atoms with Gasteiger partial charge in [0.25, 0.3) is 0 Å². The molecule has 0 aliphatic carbocycles. The molecule has 0 saturated carbocycles. The fourth-order valence-electron chi connectivity index (χ4n) is 4.33. The Hall–Kier alpha value is -1.75. The van der Waals surface area contributed by atoms with E-state index in [1.54, 1.807) is 13.2 Å². The van der Waals surface area contributed by atoms with Crippen molar-refractivity contribution in [3.05, 3.63) is 59.7 Å². The largest absolute Gasteiger partial charge is 0.508 e. The number of benzene rings is 2. The van der Waals surface area contributed by atoms with Gasteiger partial charge in [-0.25, -0.2) is 0 Å². The first kappa shape index (κ1) is 23.5. The molecule has 2 aromatic rings. The first-order valence-corrected chi connectivity index (χ1v) is 10.3. The third kappa shape index (κ3) is 5.65. The van der Waals surface area contributed by atoms with E-state index in [9.17, 15) is 5.11 Å². The molecule has 5 heteroatoms. The third-order valence-corrected chi connectivity index (χ3v) is 6.28. The monoisotopic (exact) mass is 419 g/mol. The lowest BCUT2D eigenvalue weighted by Crippen LogP contribution is -2.46. The Balaban J connectivity index is 0.00000300. The quantitative estimate of drug-likeness (QED) is 0.576. The van der Waals surface area contributed by atoms with Crippen molar-refractivity contribution in [3.8, 4) is 11.5 Å². The zero-order chi connectivity index (χ0) is 20.0. The number of halogens is 1. The van der Waals surface area contributed by atoms with E-state index in [-0.39, 0.29) is 23.4 Å². The summed E-state index contributed by atoms with van der Waals surface area (Å²) >= 11 is 0. The number of hydrogen-bond acceptors (Lipinski definition) is 4. The molecule has 2 atom stereocenters. The maximum atomic E-state index is 9.97. The zero-order valence-corrected chi connectivity index (χ0v) is 18.6. The first-order valence-electron chi connectivity index (χ1n) is 10.3. The van der Waals surface area contributed by atoms with E-state index in [0.717, 1.165) is 50.1 Å². The van der Waals surface area contributed by atoms with Crippen molar-refractivity contribution < 1.29 is 14.6 Å². The van der Waals surface area contributed by atoms with Crippen LogP contribution in [0.2, 0.25) is 0 Å². The van der Waals surface area contributed by atoms with Crippen LogP contribution in [0, 0.1) is 0 Å². The van der Waals surface area contributed by atoms with E-state index in [4.69, 9.17) is 9.47 Å². The fraction of sp³-hybridized carbons (Fsp3) is 0.500. The highest BCUT2D eigenvalue weighted by Crippen LogP contribution is 2.45. The molecule has 0 bridgehead atoms. The second-order valence-electron chi connectivity index (χ2n) is 8.14. The average molecular weight is 420 g/mol. The summed E-state index contributed by atoms with van der Waals surface area (Å²) in [5.41, 5.74) is 2.30. The van der Waals surface area contributed by atoms with E-state index in [1.807, 2.05) is 18.2 Å². The van der Waals surface area contributed by atoms with E-state index >= 15 is 0 Å². The molecule has 160 valence electrons. The van der Waals surface area contributed by atoms with Crippen LogP contribution in [0.3, 0.4) is 0 Å². The van der Waals surface area contributed by atoms with Gasteiger partial charge in [-0.3, -0.25) is 0 Å². The predicted molar refractivity (Wildman–Crippen MR) is 120 cm³/mol. The van der Waals surface area contributed by atoms with Gasteiger partial charge in [-0.15, -0.1) is 12.4 Å². The second-order valence-corrected chi connectivity index (χ2v) is 8.14. The average Bonchev–Trinajstić information content (AvgIpc) is 2.72. The lowest BCUT2D eigenvalue weighted by atomic mass is 9.66. The van der Waals surface area contributed by atoms with Crippen molar-refractivity contribution in [2.24, 2.45) is 0 Å². The number of phenolic OH excluding ortho intramolecular Hbond substituents is 1. The lowest BCUT2D eigenvalue weighted by molar-refractivity contribution is -0.0979. The van der Waals surface area contributed by atoms with Gasteiger partial charge in [0.2, 0.25) is 0 Å². The minimum Gasteiger partial charge on any atom is -0.508 e. The molecule has 0 spiro atoms. The number of nitrogens with one attached hydrogen (secondary N) is 1. The topological polar surface area (TPSA) is 50.7 Å². The third-order valence-electron chi connectivity index (χ3n) is 6.28. The van der Waals surface area contributed by atoms with Crippen molar-refractivity contribution >= 4 is 12.4 Å². The van der Waals surface area contributed by atoms with Gasteiger partial charge in [0.15, 0.2) is 0 Å². The van der Waals surface area contributed by atoms with Gasteiger partial charge < -0.3 is 19.9 Å². The molecular weight excluding hydrogens is 386 g/mol. The summed E-state index contributed by atoms with van der Waals surface area (Å²) in [6.07, 6.45) is 4.08. The molecule has 4 nitrogen and oxygen atoms in total. The fourth-order valence-corrected chi connectivity index (χ4v) is 4.33. The zero-order valence-electron chi connectivity index (χ0n) is 17.7.